The molecular weight excluding hydrogens is 362 g/mol. The molecule has 0 radical (unpaired) electrons. The molecule has 1 heterocycles. The SMILES string of the molecule is CCCCCCCCCC(=O)N(Cc1ccccc1)Cc1ccc2c(c1)OCO2. The molecule has 0 unspecified atom stereocenters. The van der Waals surface area contributed by atoms with Crippen LogP contribution in [-0.2, 0) is 17.9 Å². The largest absolute Gasteiger partial charge is 0.454 e. The molecule has 0 aliphatic carbocycles. The summed E-state index contributed by atoms with van der Waals surface area (Å²) in [5, 5.41) is 0. The van der Waals surface area contributed by atoms with Crippen molar-refractivity contribution >= 4 is 5.91 Å². The van der Waals surface area contributed by atoms with Crippen LogP contribution < -0.4 is 9.47 Å². The van der Waals surface area contributed by atoms with Crippen LogP contribution in [-0.4, -0.2) is 17.6 Å². The fraction of sp³-hybridized carbons (Fsp3) is 0.480. The van der Waals surface area contributed by atoms with Crippen molar-refractivity contribution in [2.24, 2.45) is 0 Å². The van der Waals surface area contributed by atoms with Gasteiger partial charge in [-0.15, -0.1) is 0 Å². The maximum atomic E-state index is 13.0. The van der Waals surface area contributed by atoms with Crippen LogP contribution in [0.15, 0.2) is 48.5 Å². The van der Waals surface area contributed by atoms with Gasteiger partial charge >= 0.3 is 0 Å². The second-order valence-corrected chi connectivity index (χ2v) is 7.79. The Morgan fingerprint density at radius 1 is 0.828 bits per heavy atom. The molecule has 0 N–H and O–H groups in total. The first-order valence-corrected chi connectivity index (χ1v) is 11.0. The lowest BCUT2D eigenvalue weighted by Gasteiger charge is -2.23. The van der Waals surface area contributed by atoms with E-state index in [1.54, 1.807) is 0 Å². The normalized spacial score (nSPS) is 12.2. The number of ether oxygens (including phenoxy) is 2. The number of nitrogens with zero attached hydrogens (tertiary/aromatic N) is 1. The highest BCUT2D eigenvalue weighted by atomic mass is 16.7. The van der Waals surface area contributed by atoms with Crippen molar-refractivity contribution in [2.45, 2.75) is 71.4 Å². The van der Waals surface area contributed by atoms with Gasteiger partial charge in [-0.2, -0.15) is 0 Å². The molecule has 0 saturated heterocycles. The molecule has 0 aromatic heterocycles. The lowest BCUT2D eigenvalue weighted by atomic mass is 10.1. The van der Waals surface area contributed by atoms with Gasteiger partial charge in [0.2, 0.25) is 12.7 Å². The number of fused-ring (bicyclic) bond motifs is 1. The molecular formula is C25H33NO3. The predicted molar refractivity (Wildman–Crippen MR) is 116 cm³/mol. The first-order chi connectivity index (χ1) is 14.3. The molecule has 1 aliphatic heterocycles. The van der Waals surface area contributed by atoms with Gasteiger partial charge in [-0.05, 0) is 29.7 Å². The fourth-order valence-corrected chi connectivity index (χ4v) is 3.69. The van der Waals surface area contributed by atoms with E-state index in [1.165, 1.54) is 32.1 Å². The second kappa shape index (κ2) is 11.5. The summed E-state index contributed by atoms with van der Waals surface area (Å²) in [5.41, 5.74) is 2.22. The third-order valence-corrected chi connectivity index (χ3v) is 5.37. The average Bonchev–Trinajstić information content (AvgIpc) is 3.21. The van der Waals surface area contributed by atoms with Gasteiger partial charge in [0.25, 0.3) is 0 Å². The number of carbonyl (C=O) groups excluding carboxylic acids is 1. The van der Waals surface area contributed by atoms with Crippen molar-refractivity contribution < 1.29 is 14.3 Å². The topological polar surface area (TPSA) is 38.8 Å². The minimum atomic E-state index is 0.222. The van der Waals surface area contributed by atoms with Crippen LogP contribution in [0.25, 0.3) is 0 Å². The zero-order valence-electron chi connectivity index (χ0n) is 17.6. The molecule has 0 bridgehead atoms. The van der Waals surface area contributed by atoms with Crippen LogP contribution in [0.1, 0.15) is 69.4 Å². The Balaban J connectivity index is 1.56. The van der Waals surface area contributed by atoms with Gasteiger partial charge in [0.05, 0.1) is 0 Å². The third-order valence-electron chi connectivity index (χ3n) is 5.37. The predicted octanol–water partition coefficient (Wildman–Crippen LogP) is 6.08. The molecule has 1 amide bonds. The summed E-state index contributed by atoms with van der Waals surface area (Å²) in [6, 6.07) is 16.1. The molecule has 0 saturated carbocycles. The number of carbonyl (C=O) groups is 1. The van der Waals surface area contributed by atoms with E-state index >= 15 is 0 Å². The highest BCUT2D eigenvalue weighted by Gasteiger charge is 2.18. The molecule has 4 heteroatoms. The Hall–Kier alpha value is -2.49. The van der Waals surface area contributed by atoms with E-state index in [2.05, 4.69) is 19.1 Å². The highest BCUT2D eigenvalue weighted by Crippen LogP contribution is 2.33. The van der Waals surface area contributed by atoms with Crippen molar-refractivity contribution in [3.05, 3.63) is 59.7 Å². The average molecular weight is 396 g/mol. The van der Waals surface area contributed by atoms with E-state index in [0.717, 1.165) is 35.5 Å². The summed E-state index contributed by atoms with van der Waals surface area (Å²) in [6.07, 6.45) is 9.14. The quantitative estimate of drug-likeness (QED) is 0.409. The molecule has 0 spiro atoms. The smallest absolute Gasteiger partial charge is 0.231 e. The molecule has 0 atom stereocenters. The Morgan fingerprint density at radius 2 is 1.52 bits per heavy atom. The first kappa shape index (κ1) is 21.2. The van der Waals surface area contributed by atoms with Gasteiger partial charge in [0.1, 0.15) is 0 Å². The number of hydrogen-bond acceptors (Lipinski definition) is 3. The van der Waals surface area contributed by atoms with Gasteiger partial charge in [-0.3, -0.25) is 4.79 Å². The van der Waals surface area contributed by atoms with Gasteiger partial charge in [0.15, 0.2) is 11.5 Å². The molecule has 29 heavy (non-hydrogen) atoms. The van der Waals surface area contributed by atoms with Crippen LogP contribution in [0.2, 0.25) is 0 Å². The number of hydrogen-bond donors (Lipinski definition) is 0. The fourth-order valence-electron chi connectivity index (χ4n) is 3.69. The van der Waals surface area contributed by atoms with Crippen LogP contribution >= 0.6 is 0 Å². The molecule has 0 fully saturated rings. The van der Waals surface area contributed by atoms with E-state index in [-0.39, 0.29) is 12.7 Å². The van der Waals surface area contributed by atoms with E-state index < -0.39 is 0 Å². The Labute approximate surface area is 174 Å². The Kier molecular flexibility index (Phi) is 8.41. The lowest BCUT2D eigenvalue weighted by Crippen LogP contribution is -2.29. The minimum absolute atomic E-state index is 0.222. The zero-order chi connectivity index (χ0) is 20.3. The molecule has 1 aliphatic rings. The Bertz CT molecular complexity index is 760. The van der Waals surface area contributed by atoms with Crippen LogP contribution in [0.4, 0.5) is 0 Å². The van der Waals surface area contributed by atoms with E-state index in [0.29, 0.717) is 19.5 Å². The molecule has 2 aromatic carbocycles. The first-order valence-electron chi connectivity index (χ1n) is 11.0. The van der Waals surface area contributed by atoms with E-state index in [1.807, 2.05) is 41.3 Å². The van der Waals surface area contributed by atoms with Crippen LogP contribution in [0.5, 0.6) is 11.5 Å². The summed E-state index contributed by atoms with van der Waals surface area (Å²) in [5.74, 6) is 1.76. The summed E-state index contributed by atoms with van der Waals surface area (Å²) in [7, 11) is 0. The van der Waals surface area contributed by atoms with Gasteiger partial charge in [-0.1, -0.05) is 81.8 Å². The van der Waals surface area contributed by atoms with Crippen molar-refractivity contribution in [3.63, 3.8) is 0 Å². The van der Waals surface area contributed by atoms with Crippen molar-refractivity contribution in [2.75, 3.05) is 6.79 Å². The van der Waals surface area contributed by atoms with Crippen LogP contribution in [0, 0.1) is 0 Å². The van der Waals surface area contributed by atoms with Gasteiger partial charge < -0.3 is 14.4 Å². The van der Waals surface area contributed by atoms with Crippen LogP contribution in [0.3, 0.4) is 0 Å². The summed E-state index contributed by atoms with van der Waals surface area (Å²) >= 11 is 0. The zero-order valence-corrected chi connectivity index (χ0v) is 17.6. The highest BCUT2D eigenvalue weighted by molar-refractivity contribution is 5.76. The molecule has 156 valence electrons. The Morgan fingerprint density at radius 3 is 2.31 bits per heavy atom. The number of unbranched alkanes of at least 4 members (excludes halogenated alkanes) is 6. The molecule has 3 rings (SSSR count). The van der Waals surface area contributed by atoms with Gasteiger partial charge in [0, 0.05) is 19.5 Å². The lowest BCUT2D eigenvalue weighted by molar-refractivity contribution is -0.132. The van der Waals surface area contributed by atoms with Crippen molar-refractivity contribution in [1.29, 1.82) is 0 Å². The summed E-state index contributed by atoms with van der Waals surface area (Å²) < 4.78 is 10.9. The standard InChI is InChI=1S/C25H33NO3/c1-2-3-4-5-6-7-11-14-25(27)26(18-21-12-9-8-10-13-21)19-22-15-16-23-24(17-22)29-20-28-23/h8-10,12-13,15-17H,2-7,11,14,18-20H2,1H3. The summed E-state index contributed by atoms with van der Waals surface area (Å²) in [4.78, 5) is 15.0. The second-order valence-electron chi connectivity index (χ2n) is 7.79. The van der Waals surface area contributed by atoms with Crippen molar-refractivity contribution in [1.82, 2.24) is 4.90 Å². The molecule has 2 aromatic rings. The van der Waals surface area contributed by atoms with Crippen molar-refractivity contribution in [3.8, 4) is 11.5 Å². The minimum Gasteiger partial charge on any atom is -0.454 e. The third kappa shape index (κ3) is 6.81. The van der Waals surface area contributed by atoms with E-state index in [4.69, 9.17) is 9.47 Å². The number of benzene rings is 2. The maximum Gasteiger partial charge on any atom is 0.231 e. The summed E-state index contributed by atoms with van der Waals surface area (Å²) in [6.45, 7) is 3.72. The van der Waals surface area contributed by atoms with E-state index in [9.17, 15) is 4.79 Å². The molecule has 4 nitrogen and oxygen atoms in total. The van der Waals surface area contributed by atoms with Gasteiger partial charge in [-0.25, -0.2) is 0 Å². The maximum absolute atomic E-state index is 13.0. The monoisotopic (exact) mass is 395 g/mol. The number of amides is 1. The number of rotatable bonds is 12.